The molecule has 2 aliphatic heterocycles. The van der Waals surface area contributed by atoms with E-state index in [0.29, 0.717) is 32.2 Å². The Bertz CT molecular complexity index is 894. The summed E-state index contributed by atoms with van der Waals surface area (Å²) in [5.74, 6) is -0.169. The number of amides is 1. The molecule has 1 N–H and O–H groups in total. The number of nitrogens with zero attached hydrogens (tertiary/aromatic N) is 3. The number of hydrazine groups is 1. The number of benzene rings is 1. The molecule has 1 atom stereocenters. The zero-order valence-electron chi connectivity index (χ0n) is 14.3. The molecular weight excluding hydrogens is 427 g/mol. The molecule has 9 heteroatoms. The number of carbonyl (C=O) groups excluding carboxylic acids is 1. The van der Waals surface area contributed by atoms with Crippen molar-refractivity contribution in [2.45, 2.75) is 25.3 Å². The Labute approximate surface area is 176 Å². The molecule has 0 bridgehead atoms. The van der Waals surface area contributed by atoms with Crippen molar-refractivity contribution in [3.63, 3.8) is 0 Å². The summed E-state index contributed by atoms with van der Waals surface area (Å²) in [7, 11) is 0. The van der Waals surface area contributed by atoms with Crippen LogP contribution < -0.4 is 10.4 Å². The Kier molecular flexibility index (Phi) is 5.62. The Hall–Kier alpha value is -1.31. The average Bonchev–Trinajstić information content (AvgIpc) is 3.35. The van der Waals surface area contributed by atoms with E-state index in [2.05, 4.69) is 10.5 Å². The fraction of sp³-hybridized carbons (Fsp3) is 0.333. The van der Waals surface area contributed by atoms with Crippen molar-refractivity contribution in [3.05, 3.63) is 49.6 Å². The van der Waals surface area contributed by atoms with E-state index in [9.17, 15) is 4.79 Å². The van der Waals surface area contributed by atoms with Gasteiger partial charge in [0.1, 0.15) is 5.71 Å². The molecule has 0 spiro atoms. The van der Waals surface area contributed by atoms with E-state index >= 15 is 0 Å². The highest BCUT2D eigenvalue weighted by Crippen LogP contribution is 2.42. The van der Waals surface area contributed by atoms with Crippen LogP contribution in [-0.2, 0) is 4.79 Å². The molecule has 2 aromatic rings. The predicted octanol–water partition coefficient (Wildman–Crippen LogP) is 5.14. The third-order valence-electron chi connectivity index (χ3n) is 4.62. The number of carbonyl (C=O) groups is 1. The molecule has 4 rings (SSSR count). The highest BCUT2D eigenvalue weighted by molar-refractivity contribution is 7.16. The van der Waals surface area contributed by atoms with Crippen LogP contribution in [0, 0.1) is 0 Å². The van der Waals surface area contributed by atoms with Gasteiger partial charge in [-0.15, -0.1) is 11.3 Å². The fourth-order valence-electron chi connectivity index (χ4n) is 3.30. The lowest BCUT2D eigenvalue weighted by Gasteiger charge is -2.23. The third-order valence-corrected chi connectivity index (χ3v) is 6.49. The lowest BCUT2D eigenvalue weighted by Crippen LogP contribution is -2.43. The maximum Gasteiger partial charge on any atom is 0.281 e. The van der Waals surface area contributed by atoms with Crippen LogP contribution >= 0.6 is 46.1 Å². The molecule has 27 heavy (non-hydrogen) atoms. The molecule has 0 saturated carbocycles. The zero-order chi connectivity index (χ0) is 19.0. The van der Waals surface area contributed by atoms with Gasteiger partial charge in [0.2, 0.25) is 0 Å². The second kappa shape index (κ2) is 7.97. The number of nitrogens with one attached hydrogen (secondary N) is 1. The monoisotopic (exact) mass is 442 g/mol. The molecule has 0 radical (unpaired) electrons. The van der Waals surface area contributed by atoms with Gasteiger partial charge in [0.05, 0.1) is 21.1 Å². The van der Waals surface area contributed by atoms with E-state index in [1.54, 1.807) is 17.1 Å². The quantitative estimate of drug-likeness (QED) is 0.711. The van der Waals surface area contributed by atoms with Crippen LogP contribution in [0.2, 0.25) is 14.4 Å². The molecule has 1 saturated heterocycles. The van der Waals surface area contributed by atoms with Crippen molar-refractivity contribution >= 4 is 63.4 Å². The van der Waals surface area contributed by atoms with Crippen LogP contribution in [0.1, 0.15) is 30.2 Å². The first-order valence-corrected chi connectivity index (χ1v) is 10.6. The first-order chi connectivity index (χ1) is 13.0. The van der Waals surface area contributed by atoms with Crippen molar-refractivity contribution in [1.82, 2.24) is 10.4 Å². The summed E-state index contributed by atoms with van der Waals surface area (Å²) in [5.41, 5.74) is 4.14. The van der Waals surface area contributed by atoms with Crippen LogP contribution in [0.4, 0.5) is 5.69 Å². The van der Waals surface area contributed by atoms with Crippen molar-refractivity contribution < 1.29 is 4.79 Å². The summed E-state index contributed by atoms with van der Waals surface area (Å²) in [6.45, 7) is 1.74. The summed E-state index contributed by atoms with van der Waals surface area (Å²) < 4.78 is 0.696. The zero-order valence-corrected chi connectivity index (χ0v) is 17.4. The van der Waals surface area contributed by atoms with E-state index in [1.807, 2.05) is 23.2 Å². The largest absolute Gasteiger partial charge is 0.284 e. The third kappa shape index (κ3) is 4.10. The normalized spacial score (nSPS) is 20.2. The first kappa shape index (κ1) is 19.0. The van der Waals surface area contributed by atoms with Gasteiger partial charge >= 0.3 is 0 Å². The minimum Gasteiger partial charge on any atom is -0.284 e. The number of anilines is 1. The molecule has 1 aromatic carbocycles. The molecule has 1 amide bonds. The molecule has 1 unspecified atom stereocenters. The second-order valence-corrected chi connectivity index (χ2v) is 9.07. The first-order valence-electron chi connectivity index (χ1n) is 8.64. The lowest BCUT2D eigenvalue weighted by atomic mass is 10.1. The Morgan fingerprint density at radius 2 is 1.93 bits per heavy atom. The van der Waals surface area contributed by atoms with Crippen LogP contribution in [0.3, 0.4) is 0 Å². The smallest absolute Gasteiger partial charge is 0.281 e. The fourth-order valence-corrected chi connectivity index (χ4v) is 4.94. The SMILES string of the molecule is O=C(NN1CCCC1)C1=NN(c2ccc(Cl)cc2Cl)C(c2ccc(Cl)s2)C1. The van der Waals surface area contributed by atoms with Gasteiger partial charge in [-0.25, -0.2) is 5.01 Å². The minimum absolute atomic E-state index is 0.138. The molecule has 142 valence electrons. The molecule has 0 aliphatic carbocycles. The van der Waals surface area contributed by atoms with E-state index < -0.39 is 0 Å². The van der Waals surface area contributed by atoms with Gasteiger partial charge in [0.25, 0.3) is 5.91 Å². The maximum absolute atomic E-state index is 12.7. The molecule has 5 nitrogen and oxygen atoms in total. The second-order valence-electron chi connectivity index (χ2n) is 6.48. The van der Waals surface area contributed by atoms with Crippen LogP contribution in [-0.4, -0.2) is 29.7 Å². The summed E-state index contributed by atoms with van der Waals surface area (Å²) in [4.78, 5) is 13.7. The molecule has 2 aliphatic rings. The summed E-state index contributed by atoms with van der Waals surface area (Å²) in [6, 6.07) is 8.93. The number of thiophene rings is 1. The molecule has 1 fully saturated rings. The number of hydrogen-bond donors (Lipinski definition) is 1. The van der Waals surface area contributed by atoms with Crippen LogP contribution in [0.25, 0.3) is 0 Å². The predicted molar refractivity (Wildman–Crippen MR) is 112 cm³/mol. The summed E-state index contributed by atoms with van der Waals surface area (Å²) in [6.07, 6.45) is 2.67. The molecular formula is C18H17Cl3N4OS. The highest BCUT2D eigenvalue weighted by atomic mass is 35.5. The van der Waals surface area contributed by atoms with Gasteiger partial charge in [-0.1, -0.05) is 34.8 Å². The number of hydrazone groups is 1. The Morgan fingerprint density at radius 1 is 1.15 bits per heavy atom. The van der Waals surface area contributed by atoms with Gasteiger partial charge in [0.15, 0.2) is 0 Å². The number of hydrogen-bond acceptors (Lipinski definition) is 5. The van der Waals surface area contributed by atoms with Gasteiger partial charge in [-0.2, -0.15) is 5.10 Å². The van der Waals surface area contributed by atoms with E-state index in [1.165, 1.54) is 11.3 Å². The Morgan fingerprint density at radius 3 is 2.59 bits per heavy atom. The minimum atomic E-state index is -0.169. The van der Waals surface area contributed by atoms with Crippen molar-refractivity contribution in [3.8, 4) is 0 Å². The Balaban J connectivity index is 1.64. The topological polar surface area (TPSA) is 47.9 Å². The summed E-state index contributed by atoms with van der Waals surface area (Å²) >= 11 is 20.0. The van der Waals surface area contributed by atoms with Gasteiger partial charge in [-0.3, -0.25) is 15.2 Å². The highest BCUT2D eigenvalue weighted by Gasteiger charge is 2.35. The van der Waals surface area contributed by atoms with Gasteiger partial charge in [-0.05, 0) is 43.2 Å². The van der Waals surface area contributed by atoms with Crippen molar-refractivity contribution in [2.75, 3.05) is 18.1 Å². The van der Waals surface area contributed by atoms with E-state index in [4.69, 9.17) is 34.8 Å². The number of rotatable bonds is 4. The molecule has 3 heterocycles. The van der Waals surface area contributed by atoms with Crippen LogP contribution in [0.5, 0.6) is 0 Å². The van der Waals surface area contributed by atoms with Crippen LogP contribution in [0.15, 0.2) is 35.4 Å². The number of halogens is 3. The van der Waals surface area contributed by atoms with Gasteiger partial charge < -0.3 is 0 Å². The maximum atomic E-state index is 12.7. The van der Waals surface area contributed by atoms with Crippen molar-refractivity contribution in [1.29, 1.82) is 0 Å². The van der Waals surface area contributed by atoms with E-state index in [-0.39, 0.29) is 11.9 Å². The lowest BCUT2D eigenvalue weighted by molar-refractivity contribution is -0.119. The average molecular weight is 444 g/mol. The molecule has 1 aromatic heterocycles. The van der Waals surface area contributed by atoms with E-state index in [0.717, 1.165) is 30.8 Å². The van der Waals surface area contributed by atoms with Gasteiger partial charge in [0, 0.05) is 29.4 Å². The van der Waals surface area contributed by atoms with Crippen molar-refractivity contribution in [2.24, 2.45) is 5.10 Å². The summed E-state index contributed by atoms with van der Waals surface area (Å²) in [5, 5.41) is 9.38. The standard InChI is InChI=1S/C18H17Cl3N4OS/c19-11-3-4-14(12(20)9-11)25-15(16-5-6-17(21)27-16)10-13(22-25)18(26)23-24-7-1-2-8-24/h3-6,9,15H,1-2,7-8,10H2,(H,23,26).